The summed E-state index contributed by atoms with van der Waals surface area (Å²) >= 11 is 1.74. The van der Waals surface area contributed by atoms with Crippen LogP contribution in [0.2, 0.25) is 0 Å². The molecule has 0 spiro atoms. The lowest BCUT2D eigenvalue weighted by Crippen LogP contribution is -2.42. The second-order valence-corrected chi connectivity index (χ2v) is 8.25. The maximum atomic E-state index is 13.0. The number of nitrogens with zero attached hydrogens (tertiary/aromatic N) is 4. The van der Waals surface area contributed by atoms with E-state index in [0.29, 0.717) is 19.1 Å². The van der Waals surface area contributed by atoms with Gasteiger partial charge in [0.05, 0.1) is 12.0 Å². The Kier molecular flexibility index (Phi) is 5.41. The van der Waals surface area contributed by atoms with E-state index >= 15 is 0 Å². The molecule has 0 amide bonds. The fourth-order valence-corrected chi connectivity index (χ4v) is 5.17. The summed E-state index contributed by atoms with van der Waals surface area (Å²) in [6, 6.07) is 4.01. The molecule has 4 rings (SSSR count). The van der Waals surface area contributed by atoms with Crippen molar-refractivity contribution in [3.8, 4) is 0 Å². The first-order chi connectivity index (χ1) is 13.2. The van der Waals surface area contributed by atoms with Gasteiger partial charge >= 0.3 is 5.97 Å². The molecular formula is C20H26N4O2S. The molecule has 2 fully saturated rings. The molecule has 27 heavy (non-hydrogen) atoms. The quantitative estimate of drug-likeness (QED) is 0.737. The van der Waals surface area contributed by atoms with E-state index in [-0.39, 0.29) is 11.9 Å². The second-order valence-electron chi connectivity index (χ2n) is 7.47. The Hall–Kier alpha value is -1.99. The molecule has 0 radical (unpaired) electrons. The lowest BCUT2D eigenvalue weighted by atomic mass is 9.75. The van der Waals surface area contributed by atoms with E-state index < -0.39 is 5.41 Å². The van der Waals surface area contributed by atoms with Crippen molar-refractivity contribution >= 4 is 23.3 Å². The number of likely N-dealkylation sites (tertiary alicyclic amines) is 1. The van der Waals surface area contributed by atoms with Crippen molar-refractivity contribution in [1.29, 1.82) is 0 Å². The van der Waals surface area contributed by atoms with Gasteiger partial charge in [0.15, 0.2) is 0 Å². The summed E-state index contributed by atoms with van der Waals surface area (Å²) in [5.41, 5.74) is 0.892. The highest BCUT2D eigenvalue weighted by Crippen LogP contribution is 2.44. The van der Waals surface area contributed by atoms with E-state index in [1.807, 2.05) is 13.0 Å². The minimum atomic E-state index is -0.460. The molecular weight excluding hydrogens is 360 g/mol. The van der Waals surface area contributed by atoms with Crippen molar-refractivity contribution in [3.05, 3.63) is 40.8 Å². The minimum Gasteiger partial charge on any atom is -0.466 e. The van der Waals surface area contributed by atoms with Crippen molar-refractivity contribution in [2.45, 2.75) is 26.3 Å². The normalized spacial score (nSPS) is 25.8. The average Bonchev–Trinajstić information content (AvgIpc) is 3.28. The van der Waals surface area contributed by atoms with Crippen LogP contribution in [-0.4, -0.2) is 53.6 Å². The number of fused-ring (bicyclic) bond motifs is 1. The fourth-order valence-electron chi connectivity index (χ4n) is 4.51. The van der Waals surface area contributed by atoms with Gasteiger partial charge in [0, 0.05) is 44.5 Å². The van der Waals surface area contributed by atoms with E-state index in [1.54, 1.807) is 23.7 Å². The highest BCUT2D eigenvalue weighted by atomic mass is 32.1. The standard InChI is InChI=1S/C20H26N4O2S/c1-2-26-18(25)20-6-3-9-23(11-16-5-10-27-14-16)12-17(20)13-24(15-20)19-21-7-4-8-22-19/h4-5,7-8,10,14,17H,2-3,6,9,11-13,15H2,1H3/t17-,20-/m0/s1. The molecule has 2 aromatic heterocycles. The lowest BCUT2D eigenvalue weighted by Gasteiger charge is -2.31. The van der Waals surface area contributed by atoms with Gasteiger partial charge in [0.25, 0.3) is 0 Å². The fraction of sp³-hybridized carbons (Fsp3) is 0.550. The second kappa shape index (κ2) is 7.94. The van der Waals surface area contributed by atoms with Crippen LogP contribution in [0.3, 0.4) is 0 Å². The van der Waals surface area contributed by atoms with Crippen LogP contribution in [0.1, 0.15) is 25.3 Å². The van der Waals surface area contributed by atoms with E-state index in [0.717, 1.165) is 39.0 Å². The van der Waals surface area contributed by atoms with Crippen LogP contribution in [0.15, 0.2) is 35.3 Å². The first-order valence-corrected chi connectivity index (χ1v) is 10.6. The van der Waals surface area contributed by atoms with Gasteiger partial charge in [0.1, 0.15) is 0 Å². The van der Waals surface area contributed by atoms with Gasteiger partial charge in [-0.2, -0.15) is 11.3 Å². The maximum absolute atomic E-state index is 13.0. The third-order valence-electron chi connectivity index (χ3n) is 5.77. The van der Waals surface area contributed by atoms with Crippen LogP contribution in [0.4, 0.5) is 5.95 Å². The molecule has 0 unspecified atom stereocenters. The summed E-state index contributed by atoms with van der Waals surface area (Å²) in [5, 5.41) is 4.34. The van der Waals surface area contributed by atoms with E-state index in [1.165, 1.54) is 5.56 Å². The molecule has 2 aliphatic heterocycles. The molecule has 2 aromatic rings. The van der Waals surface area contributed by atoms with Crippen molar-refractivity contribution in [2.24, 2.45) is 11.3 Å². The predicted octanol–water partition coefficient (Wildman–Crippen LogP) is 2.82. The molecule has 2 atom stereocenters. The minimum absolute atomic E-state index is 0.0502. The number of thiophene rings is 1. The average molecular weight is 387 g/mol. The van der Waals surface area contributed by atoms with E-state index in [9.17, 15) is 4.79 Å². The number of ether oxygens (including phenoxy) is 1. The van der Waals surface area contributed by atoms with Crippen molar-refractivity contribution in [3.63, 3.8) is 0 Å². The molecule has 0 saturated carbocycles. The molecule has 6 nitrogen and oxygen atoms in total. The molecule has 0 aromatic carbocycles. The zero-order valence-electron chi connectivity index (χ0n) is 15.7. The number of esters is 1. The highest BCUT2D eigenvalue weighted by Gasteiger charge is 2.54. The number of carbonyl (C=O) groups is 1. The van der Waals surface area contributed by atoms with Gasteiger partial charge in [-0.3, -0.25) is 9.69 Å². The molecule has 144 valence electrons. The van der Waals surface area contributed by atoms with Crippen molar-refractivity contribution in [1.82, 2.24) is 14.9 Å². The number of hydrogen-bond acceptors (Lipinski definition) is 7. The lowest BCUT2D eigenvalue weighted by molar-refractivity contribution is -0.157. The monoisotopic (exact) mass is 386 g/mol. The number of rotatable bonds is 5. The summed E-state index contributed by atoms with van der Waals surface area (Å²) in [7, 11) is 0. The van der Waals surface area contributed by atoms with Crippen LogP contribution in [0.25, 0.3) is 0 Å². The zero-order valence-corrected chi connectivity index (χ0v) is 16.5. The molecule has 4 heterocycles. The SMILES string of the molecule is CCOC(=O)[C@]12CCCN(Cc3ccsc3)C[C@H]1CN(c1ncccn1)C2. The third-order valence-corrected chi connectivity index (χ3v) is 6.51. The summed E-state index contributed by atoms with van der Waals surface area (Å²) in [6.07, 6.45) is 5.38. The van der Waals surface area contributed by atoms with Gasteiger partial charge in [-0.25, -0.2) is 9.97 Å². The van der Waals surface area contributed by atoms with Crippen LogP contribution in [0, 0.1) is 11.3 Å². The number of hydrogen-bond donors (Lipinski definition) is 0. The number of anilines is 1. The van der Waals surface area contributed by atoms with Crippen molar-refractivity contribution in [2.75, 3.05) is 37.7 Å². The van der Waals surface area contributed by atoms with Crippen molar-refractivity contribution < 1.29 is 9.53 Å². The smallest absolute Gasteiger partial charge is 0.314 e. The molecule has 2 aliphatic rings. The summed E-state index contributed by atoms with van der Waals surface area (Å²) in [6.45, 7) is 6.62. The van der Waals surface area contributed by atoms with Gasteiger partial charge in [0.2, 0.25) is 5.95 Å². The van der Waals surface area contributed by atoms with Gasteiger partial charge < -0.3 is 9.64 Å². The van der Waals surface area contributed by atoms with E-state index in [2.05, 4.69) is 36.6 Å². The third kappa shape index (κ3) is 3.71. The Bertz CT molecular complexity index is 755. The summed E-state index contributed by atoms with van der Waals surface area (Å²) in [4.78, 5) is 26.5. The molecule has 0 aliphatic carbocycles. The van der Waals surface area contributed by atoms with Gasteiger partial charge in [-0.15, -0.1) is 0 Å². The van der Waals surface area contributed by atoms with Crippen LogP contribution < -0.4 is 4.90 Å². The number of aromatic nitrogens is 2. The van der Waals surface area contributed by atoms with Crippen LogP contribution >= 0.6 is 11.3 Å². The summed E-state index contributed by atoms with van der Waals surface area (Å²) < 4.78 is 5.54. The molecule has 2 saturated heterocycles. The summed E-state index contributed by atoms with van der Waals surface area (Å²) in [5.74, 6) is 0.880. The largest absolute Gasteiger partial charge is 0.466 e. The molecule has 0 N–H and O–H groups in total. The van der Waals surface area contributed by atoms with E-state index in [4.69, 9.17) is 4.74 Å². The zero-order chi connectivity index (χ0) is 18.7. The molecule has 0 bridgehead atoms. The Morgan fingerprint density at radius 1 is 1.37 bits per heavy atom. The Labute approximate surface area is 164 Å². The van der Waals surface area contributed by atoms with Crippen LogP contribution in [0.5, 0.6) is 0 Å². The first-order valence-electron chi connectivity index (χ1n) is 9.64. The molecule has 7 heteroatoms. The topological polar surface area (TPSA) is 58.6 Å². The highest BCUT2D eigenvalue weighted by molar-refractivity contribution is 7.07. The van der Waals surface area contributed by atoms with Gasteiger partial charge in [-0.1, -0.05) is 0 Å². The predicted molar refractivity (Wildman–Crippen MR) is 106 cm³/mol. The van der Waals surface area contributed by atoms with Crippen LogP contribution in [-0.2, 0) is 16.1 Å². The maximum Gasteiger partial charge on any atom is 0.314 e. The van der Waals surface area contributed by atoms with Gasteiger partial charge in [-0.05, 0) is 54.8 Å². The number of carbonyl (C=O) groups excluding carboxylic acids is 1. The first kappa shape index (κ1) is 18.4. The Morgan fingerprint density at radius 3 is 2.96 bits per heavy atom. The Morgan fingerprint density at radius 2 is 2.22 bits per heavy atom. The Balaban J connectivity index is 1.58.